The fourth-order valence-corrected chi connectivity index (χ4v) is 3.13. The van der Waals surface area contributed by atoms with Crippen LogP contribution in [0, 0.1) is 11.6 Å². The van der Waals surface area contributed by atoms with Gasteiger partial charge in [0.05, 0.1) is 23.1 Å². The van der Waals surface area contributed by atoms with Crippen molar-refractivity contribution in [3.63, 3.8) is 0 Å². The van der Waals surface area contributed by atoms with Gasteiger partial charge in [-0.15, -0.1) is 0 Å². The molecule has 1 aliphatic heterocycles. The Morgan fingerprint density at radius 3 is 2.41 bits per heavy atom. The minimum atomic E-state index is -0.832. The molecule has 1 aromatic carbocycles. The van der Waals surface area contributed by atoms with Gasteiger partial charge >= 0.3 is 0 Å². The van der Waals surface area contributed by atoms with Crippen LogP contribution < -0.4 is 15.1 Å². The molecular weight excluding hydrogens is 378 g/mol. The predicted octanol–water partition coefficient (Wildman–Crippen LogP) is 2.73. The first-order valence-corrected chi connectivity index (χ1v) is 9.08. The van der Waals surface area contributed by atoms with E-state index in [1.807, 2.05) is 0 Å². The number of anilines is 3. The molecule has 4 rings (SSSR count). The first-order chi connectivity index (χ1) is 14.1. The smallest absolute Gasteiger partial charge is 0.257 e. The summed E-state index contributed by atoms with van der Waals surface area (Å²) in [7, 11) is 0. The van der Waals surface area contributed by atoms with Crippen LogP contribution in [0.1, 0.15) is 10.4 Å². The number of halogens is 2. The van der Waals surface area contributed by atoms with Gasteiger partial charge in [0, 0.05) is 50.8 Å². The number of hydrogen-bond donors (Lipinski definition) is 1. The largest absolute Gasteiger partial charge is 0.367 e. The lowest BCUT2D eigenvalue weighted by Gasteiger charge is -2.35. The van der Waals surface area contributed by atoms with Gasteiger partial charge < -0.3 is 15.1 Å². The molecule has 0 atom stereocenters. The highest BCUT2D eigenvalue weighted by atomic mass is 19.1. The van der Waals surface area contributed by atoms with E-state index < -0.39 is 17.5 Å². The highest BCUT2D eigenvalue weighted by Crippen LogP contribution is 2.20. The number of pyridine rings is 1. The normalized spacial score (nSPS) is 14.0. The fraction of sp³-hybridized carbons (Fsp3) is 0.200. The number of amides is 1. The van der Waals surface area contributed by atoms with Gasteiger partial charge in [-0.25, -0.2) is 18.7 Å². The lowest BCUT2D eigenvalue weighted by Crippen LogP contribution is -2.47. The van der Waals surface area contributed by atoms with Crippen molar-refractivity contribution in [1.82, 2.24) is 15.0 Å². The molecule has 1 fully saturated rings. The topological polar surface area (TPSA) is 74.2 Å². The van der Waals surface area contributed by atoms with Crippen LogP contribution in [0.2, 0.25) is 0 Å². The van der Waals surface area contributed by atoms with Crippen molar-refractivity contribution >= 4 is 23.2 Å². The van der Waals surface area contributed by atoms with E-state index in [1.54, 1.807) is 30.7 Å². The quantitative estimate of drug-likeness (QED) is 0.731. The van der Waals surface area contributed by atoms with Gasteiger partial charge in [0.15, 0.2) is 0 Å². The number of aromatic nitrogens is 3. The molecule has 1 amide bonds. The van der Waals surface area contributed by atoms with Crippen LogP contribution in [-0.2, 0) is 0 Å². The third kappa shape index (κ3) is 4.29. The zero-order chi connectivity index (χ0) is 20.2. The summed E-state index contributed by atoms with van der Waals surface area (Å²) >= 11 is 0. The standard InChI is InChI=1S/C20H18F2N6O/c21-15-2-3-18(17(22)11-15)26-19(29)14-10-16(13-23-12-14)27-6-8-28(9-7-27)20-24-4-1-5-25-20/h1-5,10-13H,6-9H2,(H,26,29). The third-order valence-electron chi connectivity index (χ3n) is 4.65. The van der Waals surface area contributed by atoms with E-state index in [-0.39, 0.29) is 5.69 Å². The Balaban J connectivity index is 1.43. The van der Waals surface area contributed by atoms with Crippen LogP contribution >= 0.6 is 0 Å². The molecule has 3 aromatic rings. The second-order valence-corrected chi connectivity index (χ2v) is 6.53. The minimum absolute atomic E-state index is 0.0849. The van der Waals surface area contributed by atoms with E-state index in [0.717, 1.165) is 44.0 Å². The summed E-state index contributed by atoms with van der Waals surface area (Å²) in [5, 5.41) is 2.45. The van der Waals surface area contributed by atoms with Crippen molar-refractivity contribution in [3.8, 4) is 0 Å². The number of piperazine rings is 1. The molecule has 0 spiro atoms. The first-order valence-electron chi connectivity index (χ1n) is 9.08. The monoisotopic (exact) mass is 396 g/mol. The SMILES string of the molecule is O=C(Nc1ccc(F)cc1F)c1cncc(N2CCN(c3ncccn3)CC2)c1. The molecule has 0 aliphatic carbocycles. The van der Waals surface area contributed by atoms with Crippen molar-refractivity contribution in [3.05, 3.63) is 72.3 Å². The zero-order valence-electron chi connectivity index (χ0n) is 15.4. The highest BCUT2D eigenvalue weighted by Gasteiger charge is 2.20. The number of nitrogens with one attached hydrogen (secondary N) is 1. The van der Waals surface area contributed by atoms with Gasteiger partial charge in [-0.1, -0.05) is 0 Å². The zero-order valence-corrected chi connectivity index (χ0v) is 15.4. The summed E-state index contributed by atoms with van der Waals surface area (Å²) in [5.41, 5.74) is 1.00. The van der Waals surface area contributed by atoms with Crippen LogP contribution in [-0.4, -0.2) is 47.0 Å². The molecule has 9 heteroatoms. The Morgan fingerprint density at radius 1 is 0.966 bits per heavy atom. The molecule has 3 heterocycles. The highest BCUT2D eigenvalue weighted by molar-refractivity contribution is 6.04. The van der Waals surface area contributed by atoms with E-state index in [0.29, 0.717) is 11.5 Å². The van der Waals surface area contributed by atoms with Crippen molar-refractivity contribution in [2.45, 2.75) is 0 Å². The molecule has 2 aromatic heterocycles. The Hall–Kier alpha value is -3.62. The van der Waals surface area contributed by atoms with Crippen LogP contribution in [0.4, 0.5) is 26.1 Å². The number of carbonyl (C=O) groups is 1. The average Bonchev–Trinajstić information content (AvgIpc) is 2.76. The van der Waals surface area contributed by atoms with Gasteiger partial charge in [-0.05, 0) is 24.3 Å². The van der Waals surface area contributed by atoms with Gasteiger partial charge in [0.2, 0.25) is 5.95 Å². The summed E-state index contributed by atoms with van der Waals surface area (Å²) in [4.78, 5) is 29.4. The predicted molar refractivity (Wildman–Crippen MR) is 105 cm³/mol. The van der Waals surface area contributed by atoms with Crippen molar-refractivity contribution < 1.29 is 13.6 Å². The third-order valence-corrected chi connectivity index (χ3v) is 4.65. The maximum absolute atomic E-state index is 13.8. The molecule has 0 radical (unpaired) electrons. The second kappa shape index (κ2) is 8.17. The Morgan fingerprint density at radius 2 is 1.69 bits per heavy atom. The van der Waals surface area contributed by atoms with Gasteiger partial charge in [0.25, 0.3) is 5.91 Å². The van der Waals surface area contributed by atoms with Gasteiger partial charge in [0.1, 0.15) is 11.6 Å². The van der Waals surface area contributed by atoms with Gasteiger partial charge in [-0.3, -0.25) is 9.78 Å². The van der Waals surface area contributed by atoms with E-state index in [1.165, 1.54) is 12.3 Å². The molecular formula is C20H18F2N6O. The molecule has 0 bridgehead atoms. The van der Waals surface area contributed by atoms with E-state index in [9.17, 15) is 13.6 Å². The number of carbonyl (C=O) groups excluding carboxylic acids is 1. The number of benzene rings is 1. The molecule has 148 valence electrons. The summed E-state index contributed by atoms with van der Waals surface area (Å²) in [6, 6.07) is 6.48. The summed E-state index contributed by atoms with van der Waals surface area (Å²) < 4.78 is 26.8. The first kappa shape index (κ1) is 18.7. The van der Waals surface area contributed by atoms with Gasteiger partial charge in [-0.2, -0.15) is 0 Å². The molecule has 7 nitrogen and oxygen atoms in total. The Labute approximate surface area is 166 Å². The average molecular weight is 396 g/mol. The van der Waals surface area contributed by atoms with Crippen LogP contribution in [0.3, 0.4) is 0 Å². The van der Waals surface area contributed by atoms with Crippen molar-refractivity contribution in [2.75, 3.05) is 41.3 Å². The van der Waals surface area contributed by atoms with E-state index in [4.69, 9.17) is 0 Å². The number of rotatable bonds is 4. The van der Waals surface area contributed by atoms with Crippen LogP contribution in [0.15, 0.2) is 55.1 Å². The summed E-state index contributed by atoms with van der Waals surface area (Å²) in [6.45, 7) is 2.91. The summed E-state index contributed by atoms with van der Waals surface area (Å²) in [6.07, 6.45) is 6.52. The number of nitrogens with zero attached hydrogens (tertiary/aromatic N) is 5. The fourth-order valence-electron chi connectivity index (χ4n) is 3.13. The molecule has 0 unspecified atom stereocenters. The molecule has 1 aliphatic rings. The molecule has 29 heavy (non-hydrogen) atoms. The molecule has 1 N–H and O–H groups in total. The van der Waals surface area contributed by atoms with E-state index >= 15 is 0 Å². The minimum Gasteiger partial charge on any atom is -0.367 e. The molecule has 0 saturated carbocycles. The number of hydrogen-bond acceptors (Lipinski definition) is 6. The molecule has 1 saturated heterocycles. The Bertz CT molecular complexity index is 1010. The maximum Gasteiger partial charge on any atom is 0.257 e. The Kier molecular flexibility index (Phi) is 5.28. The van der Waals surface area contributed by atoms with E-state index in [2.05, 4.69) is 30.1 Å². The summed E-state index contributed by atoms with van der Waals surface area (Å²) in [5.74, 6) is -1.35. The second-order valence-electron chi connectivity index (χ2n) is 6.53. The van der Waals surface area contributed by atoms with Crippen molar-refractivity contribution in [2.24, 2.45) is 0 Å². The lowest BCUT2D eigenvalue weighted by atomic mass is 10.2. The van der Waals surface area contributed by atoms with Crippen LogP contribution in [0.25, 0.3) is 0 Å². The lowest BCUT2D eigenvalue weighted by molar-refractivity contribution is 0.102. The van der Waals surface area contributed by atoms with Crippen LogP contribution in [0.5, 0.6) is 0 Å². The van der Waals surface area contributed by atoms with Crippen molar-refractivity contribution in [1.29, 1.82) is 0 Å². The maximum atomic E-state index is 13.8.